The molecule has 0 aromatic heterocycles. The predicted octanol–water partition coefficient (Wildman–Crippen LogP) is 25.7. The number of amides is 1. The van der Waals surface area contributed by atoms with Gasteiger partial charge < -0.3 is 20.3 Å². The SMILES string of the molecule is CCCCCCC/C=C\CCCCCCCC(=O)OCCCCCCCCCCCCCCCCCC/C=C\CCCCCCCCCCCCCCCCCCCC(=O)NC(CO)C(O)CCCCCCCCCCCCCCCCCCC. The summed E-state index contributed by atoms with van der Waals surface area (Å²) in [5.41, 5.74) is 0. The molecule has 0 saturated heterocycles. The summed E-state index contributed by atoms with van der Waals surface area (Å²) >= 11 is 0. The maximum atomic E-state index is 12.5. The first-order valence-electron chi connectivity index (χ1n) is 39.1. The topological polar surface area (TPSA) is 95.9 Å². The fraction of sp³-hybridized carbons (Fsp3) is 0.924. The highest BCUT2D eigenvalue weighted by Crippen LogP contribution is 2.20. The van der Waals surface area contributed by atoms with Crippen molar-refractivity contribution >= 4 is 11.9 Å². The van der Waals surface area contributed by atoms with Crippen molar-refractivity contribution in [3.05, 3.63) is 24.3 Å². The van der Waals surface area contributed by atoms with E-state index in [1.165, 1.54) is 366 Å². The van der Waals surface area contributed by atoms with Crippen LogP contribution in [-0.4, -0.2) is 47.4 Å². The predicted molar refractivity (Wildman–Crippen MR) is 375 cm³/mol. The van der Waals surface area contributed by atoms with Crippen molar-refractivity contribution in [3.8, 4) is 0 Å². The van der Waals surface area contributed by atoms with Gasteiger partial charge in [-0.3, -0.25) is 9.59 Å². The molecule has 0 radical (unpaired) electrons. The molecule has 0 heterocycles. The van der Waals surface area contributed by atoms with Crippen LogP contribution < -0.4 is 5.32 Å². The van der Waals surface area contributed by atoms with Gasteiger partial charge >= 0.3 is 5.97 Å². The van der Waals surface area contributed by atoms with Gasteiger partial charge in [0.25, 0.3) is 0 Å². The highest BCUT2D eigenvalue weighted by Gasteiger charge is 2.20. The summed E-state index contributed by atoms with van der Waals surface area (Å²) in [6.45, 7) is 4.99. The number of hydrogen-bond donors (Lipinski definition) is 3. The smallest absolute Gasteiger partial charge is 0.305 e. The molecule has 0 aliphatic carbocycles. The van der Waals surface area contributed by atoms with E-state index in [0.717, 1.165) is 44.9 Å². The Morgan fingerprint density at radius 1 is 0.318 bits per heavy atom. The Morgan fingerprint density at radius 2 is 0.553 bits per heavy atom. The summed E-state index contributed by atoms with van der Waals surface area (Å²) in [5.74, 6) is -0.0131. The van der Waals surface area contributed by atoms with E-state index in [1.807, 2.05) is 0 Å². The second-order valence-electron chi connectivity index (χ2n) is 27.0. The van der Waals surface area contributed by atoms with Crippen molar-refractivity contribution in [1.82, 2.24) is 5.32 Å². The molecule has 0 rings (SSSR count). The number of aliphatic hydroxyl groups is 2. The van der Waals surface area contributed by atoms with E-state index in [-0.39, 0.29) is 18.5 Å². The Balaban J connectivity index is 3.32. The van der Waals surface area contributed by atoms with Gasteiger partial charge in [0.2, 0.25) is 5.91 Å². The summed E-state index contributed by atoms with van der Waals surface area (Å²) in [6, 6.07) is -0.538. The maximum absolute atomic E-state index is 12.5. The molecule has 0 aromatic carbocycles. The molecular formula is C79H153NO5. The van der Waals surface area contributed by atoms with E-state index in [4.69, 9.17) is 4.74 Å². The van der Waals surface area contributed by atoms with Gasteiger partial charge in [0.15, 0.2) is 0 Å². The molecule has 1 amide bonds. The molecule has 6 heteroatoms. The lowest BCUT2D eigenvalue weighted by molar-refractivity contribution is -0.143. The van der Waals surface area contributed by atoms with Gasteiger partial charge in [0.1, 0.15) is 0 Å². The van der Waals surface area contributed by atoms with Crippen LogP contribution in [0.3, 0.4) is 0 Å². The molecule has 0 bridgehead atoms. The van der Waals surface area contributed by atoms with Gasteiger partial charge in [0, 0.05) is 12.8 Å². The van der Waals surface area contributed by atoms with Crippen LogP contribution in [0.5, 0.6) is 0 Å². The number of allylic oxidation sites excluding steroid dienone is 4. The monoisotopic (exact) mass is 1200 g/mol. The normalized spacial score (nSPS) is 12.6. The van der Waals surface area contributed by atoms with Crippen molar-refractivity contribution in [2.45, 2.75) is 456 Å². The molecule has 0 fully saturated rings. The number of aliphatic hydroxyl groups excluding tert-OH is 2. The minimum atomic E-state index is -0.661. The van der Waals surface area contributed by atoms with E-state index in [1.54, 1.807) is 0 Å². The number of ether oxygens (including phenoxy) is 1. The van der Waals surface area contributed by atoms with E-state index < -0.39 is 12.1 Å². The molecule has 2 unspecified atom stereocenters. The average Bonchev–Trinajstić information content (AvgIpc) is 3.50. The highest BCUT2D eigenvalue weighted by molar-refractivity contribution is 5.76. The summed E-state index contributed by atoms with van der Waals surface area (Å²) < 4.78 is 5.49. The zero-order valence-electron chi connectivity index (χ0n) is 57.9. The van der Waals surface area contributed by atoms with Crippen molar-refractivity contribution in [1.29, 1.82) is 0 Å². The molecule has 504 valence electrons. The third-order valence-corrected chi connectivity index (χ3v) is 18.5. The molecule has 3 N–H and O–H groups in total. The Hall–Kier alpha value is -1.66. The van der Waals surface area contributed by atoms with Crippen molar-refractivity contribution in [2.75, 3.05) is 13.2 Å². The lowest BCUT2D eigenvalue weighted by atomic mass is 10.0. The number of carbonyl (C=O) groups is 2. The van der Waals surface area contributed by atoms with E-state index in [0.29, 0.717) is 25.9 Å². The van der Waals surface area contributed by atoms with Crippen LogP contribution in [0.25, 0.3) is 0 Å². The Bertz CT molecular complexity index is 1330. The summed E-state index contributed by atoms with van der Waals surface area (Å²) in [6.07, 6.45) is 95.6. The number of rotatable bonds is 74. The second kappa shape index (κ2) is 74.8. The third-order valence-electron chi connectivity index (χ3n) is 18.5. The van der Waals surface area contributed by atoms with Crippen LogP contribution in [0.2, 0.25) is 0 Å². The first-order valence-corrected chi connectivity index (χ1v) is 39.1. The maximum Gasteiger partial charge on any atom is 0.305 e. The molecule has 0 aliphatic heterocycles. The summed E-state index contributed by atoms with van der Waals surface area (Å²) in [5, 5.41) is 23.4. The van der Waals surface area contributed by atoms with Crippen molar-refractivity contribution in [3.63, 3.8) is 0 Å². The van der Waals surface area contributed by atoms with E-state index in [9.17, 15) is 19.8 Å². The molecule has 6 nitrogen and oxygen atoms in total. The minimum Gasteiger partial charge on any atom is -0.466 e. The largest absolute Gasteiger partial charge is 0.466 e. The van der Waals surface area contributed by atoms with Gasteiger partial charge in [-0.2, -0.15) is 0 Å². The van der Waals surface area contributed by atoms with Crippen molar-refractivity contribution < 1.29 is 24.5 Å². The molecule has 0 spiro atoms. The second-order valence-corrected chi connectivity index (χ2v) is 27.0. The first kappa shape index (κ1) is 83.3. The summed E-state index contributed by atoms with van der Waals surface area (Å²) in [7, 11) is 0. The first-order chi connectivity index (χ1) is 42.0. The lowest BCUT2D eigenvalue weighted by Gasteiger charge is -2.22. The number of unbranched alkanes of at least 4 members (excludes halogenated alkanes) is 59. The molecule has 0 saturated carbocycles. The van der Waals surface area contributed by atoms with Crippen LogP contribution in [0, 0.1) is 0 Å². The number of nitrogens with one attached hydrogen (secondary N) is 1. The van der Waals surface area contributed by atoms with Gasteiger partial charge in [-0.15, -0.1) is 0 Å². The molecular weight excluding hydrogens is 1040 g/mol. The molecule has 2 atom stereocenters. The van der Waals surface area contributed by atoms with E-state index in [2.05, 4.69) is 43.5 Å². The Morgan fingerprint density at radius 3 is 0.835 bits per heavy atom. The fourth-order valence-corrected chi connectivity index (χ4v) is 12.5. The Labute approximate surface area is 532 Å². The molecule has 0 aliphatic rings. The molecule has 0 aromatic rings. The van der Waals surface area contributed by atoms with Crippen molar-refractivity contribution in [2.24, 2.45) is 0 Å². The Kier molecular flexibility index (Phi) is 73.3. The van der Waals surface area contributed by atoms with Crippen LogP contribution in [0.4, 0.5) is 0 Å². The lowest BCUT2D eigenvalue weighted by Crippen LogP contribution is -2.45. The number of hydrogen-bond acceptors (Lipinski definition) is 5. The van der Waals surface area contributed by atoms with Gasteiger partial charge in [-0.25, -0.2) is 0 Å². The number of esters is 1. The van der Waals surface area contributed by atoms with E-state index >= 15 is 0 Å². The van der Waals surface area contributed by atoms with Gasteiger partial charge in [-0.1, -0.05) is 378 Å². The average molecular weight is 1200 g/mol. The zero-order chi connectivity index (χ0) is 61.3. The van der Waals surface area contributed by atoms with Crippen LogP contribution >= 0.6 is 0 Å². The van der Waals surface area contributed by atoms with Crippen LogP contribution in [0.1, 0.15) is 444 Å². The summed E-state index contributed by atoms with van der Waals surface area (Å²) in [4.78, 5) is 24.6. The van der Waals surface area contributed by atoms with Gasteiger partial charge in [0.05, 0.1) is 25.4 Å². The highest BCUT2D eigenvalue weighted by atomic mass is 16.5. The fourth-order valence-electron chi connectivity index (χ4n) is 12.5. The third kappa shape index (κ3) is 71.3. The molecule has 85 heavy (non-hydrogen) atoms. The van der Waals surface area contributed by atoms with Crippen LogP contribution in [-0.2, 0) is 14.3 Å². The quantitative estimate of drug-likeness (QED) is 0.0320. The van der Waals surface area contributed by atoms with Crippen LogP contribution in [0.15, 0.2) is 24.3 Å². The van der Waals surface area contributed by atoms with Gasteiger partial charge in [-0.05, 0) is 77.0 Å². The minimum absolute atomic E-state index is 0.0136. The zero-order valence-corrected chi connectivity index (χ0v) is 57.9. The standard InChI is InChI=1S/C79H153NO5/c1-3-5-7-9-11-13-15-17-19-41-44-47-51-55-59-63-67-71-77(82)76(75-81)80-78(83)72-68-64-60-56-52-48-45-42-39-37-35-33-31-29-27-25-23-21-20-22-24-26-28-30-32-34-36-38-40-43-46-50-54-58-62-66-70-74-85-79(84)73-69-65-61-57-53-49-18-16-14-12-10-8-6-4-2/h16,18,20,22,76-77,81-82H,3-15,17,19,21,23-75H2,1-2H3,(H,80,83)/b18-16-,22-20-. The number of carbonyl (C=O) groups excluding carboxylic acids is 2.